The number of pyridine rings is 2. The maximum atomic E-state index is 12.7. The molecule has 3 aliphatic rings. The van der Waals surface area contributed by atoms with Crippen LogP contribution in [-0.4, -0.2) is 39.5 Å². The molecule has 5 atom stereocenters. The summed E-state index contributed by atoms with van der Waals surface area (Å²) >= 11 is 0. The lowest BCUT2D eigenvalue weighted by atomic mass is 9.71. The van der Waals surface area contributed by atoms with Crippen molar-refractivity contribution in [3.63, 3.8) is 0 Å². The molecule has 1 aliphatic carbocycles. The topological polar surface area (TPSA) is 82.2 Å². The number of amides is 2. The second-order valence-electron chi connectivity index (χ2n) is 8.71. The zero-order valence-electron chi connectivity index (χ0n) is 16.9. The molecule has 2 aliphatic heterocycles. The van der Waals surface area contributed by atoms with Crippen LogP contribution in [0.1, 0.15) is 41.5 Å². The Bertz CT molecular complexity index is 918. The number of hydrazine groups is 1. The Morgan fingerprint density at radius 1 is 1.10 bits per heavy atom. The van der Waals surface area contributed by atoms with Crippen molar-refractivity contribution in [3.05, 3.63) is 59.2 Å². The van der Waals surface area contributed by atoms with E-state index in [2.05, 4.69) is 38.3 Å². The van der Waals surface area contributed by atoms with Gasteiger partial charge in [-0.25, -0.2) is 10.2 Å². The molecule has 2 saturated heterocycles. The van der Waals surface area contributed by atoms with Gasteiger partial charge in [0.2, 0.25) is 0 Å². The molecule has 4 heterocycles. The van der Waals surface area contributed by atoms with E-state index in [1.54, 1.807) is 0 Å². The highest BCUT2D eigenvalue weighted by molar-refractivity contribution is 5.75. The van der Waals surface area contributed by atoms with Gasteiger partial charge in [-0.15, -0.1) is 0 Å². The fourth-order valence-corrected chi connectivity index (χ4v) is 5.26. The van der Waals surface area contributed by atoms with Crippen LogP contribution in [0.2, 0.25) is 0 Å². The molecule has 2 amide bonds. The van der Waals surface area contributed by atoms with E-state index in [4.69, 9.17) is 0 Å². The first-order chi connectivity index (χ1) is 14.1. The van der Waals surface area contributed by atoms with Gasteiger partial charge in [-0.3, -0.25) is 15.4 Å². The molecule has 0 radical (unpaired) electrons. The van der Waals surface area contributed by atoms with Crippen LogP contribution in [0, 0.1) is 25.7 Å². The fraction of sp³-hybridized carbons (Fsp3) is 0.500. The number of nitrogens with zero attached hydrogens (tertiary/aromatic N) is 3. The first-order valence-corrected chi connectivity index (χ1v) is 10.5. The van der Waals surface area contributed by atoms with E-state index in [0.29, 0.717) is 24.4 Å². The van der Waals surface area contributed by atoms with Crippen molar-refractivity contribution in [3.8, 4) is 0 Å². The largest absolute Gasteiger partial charge is 0.335 e. The summed E-state index contributed by atoms with van der Waals surface area (Å²) < 4.78 is 0. The highest BCUT2D eigenvalue weighted by Crippen LogP contribution is 2.41. The van der Waals surface area contributed by atoms with E-state index >= 15 is 0 Å². The molecule has 7 nitrogen and oxygen atoms in total. The lowest BCUT2D eigenvalue weighted by molar-refractivity contribution is 0.0956. The van der Waals surface area contributed by atoms with Crippen LogP contribution < -0.4 is 16.2 Å². The standard InChI is InChI=1S/C22H28N6O/c1-13-4-3-5-17(24-13)12-28-11-16-9-18-20(10-19(16)25-22(28)29)26-27-21(18)15-6-7-23-14(2)8-15/h3-8,16,18-21,26-27H,9-12H2,1-2H3,(H,25,29). The summed E-state index contributed by atoms with van der Waals surface area (Å²) in [7, 11) is 0. The molecule has 3 N–H and O–H groups in total. The molecule has 3 fully saturated rings. The summed E-state index contributed by atoms with van der Waals surface area (Å²) in [6.45, 7) is 5.37. The predicted octanol–water partition coefficient (Wildman–Crippen LogP) is 2.23. The second kappa shape index (κ2) is 7.39. The third-order valence-corrected chi connectivity index (χ3v) is 6.65. The van der Waals surface area contributed by atoms with Crippen LogP contribution in [0.15, 0.2) is 36.5 Å². The number of carbonyl (C=O) groups is 1. The molecule has 0 bridgehead atoms. The zero-order valence-corrected chi connectivity index (χ0v) is 16.9. The number of nitrogens with one attached hydrogen (secondary N) is 3. The molecular formula is C22H28N6O. The van der Waals surface area contributed by atoms with Crippen molar-refractivity contribution in [2.24, 2.45) is 11.8 Å². The molecule has 152 valence electrons. The van der Waals surface area contributed by atoms with E-state index in [1.807, 2.05) is 43.1 Å². The number of hydrogen-bond acceptors (Lipinski definition) is 5. The average Bonchev–Trinajstić information content (AvgIpc) is 3.10. The number of aryl methyl sites for hydroxylation is 2. The summed E-state index contributed by atoms with van der Waals surface area (Å²) in [5.41, 5.74) is 11.3. The van der Waals surface area contributed by atoms with Crippen molar-refractivity contribution in [2.75, 3.05) is 6.54 Å². The monoisotopic (exact) mass is 392 g/mol. The number of aromatic nitrogens is 2. The highest BCUT2D eigenvalue weighted by Gasteiger charge is 2.47. The van der Waals surface area contributed by atoms with Gasteiger partial charge in [0, 0.05) is 36.2 Å². The summed E-state index contributed by atoms with van der Waals surface area (Å²) in [5.74, 6) is 0.956. The van der Waals surface area contributed by atoms with Crippen LogP contribution >= 0.6 is 0 Å². The fourth-order valence-electron chi connectivity index (χ4n) is 5.26. The number of hydrogen-bond donors (Lipinski definition) is 3. The Balaban J connectivity index is 1.31. The van der Waals surface area contributed by atoms with Gasteiger partial charge in [-0.2, -0.15) is 0 Å². The Morgan fingerprint density at radius 2 is 2.00 bits per heavy atom. The minimum atomic E-state index is 0.0280. The molecule has 2 aromatic rings. The van der Waals surface area contributed by atoms with Crippen LogP contribution in [0.3, 0.4) is 0 Å². The molecule has 5 unspecified atom stereocenters. The molecule has 29 heavy (non-hydrogen) atoms. The normalized spacial score (nSPS) is 31.2. The lowest BCUT2D eigenvalue weighted by Gasteiger charge is -2.45. The molecular weight excluding hydrogens is 364 g/mol. The summed E-state index contributed by atoms with van der Waals surface area (Å²) in [6.07, 6.45) is 3.94. The Kier molecular flexibility index (Phi) is 4.72. The number of rotatable bonds is 3. The minimum Gasteiger partial charge on any atom is -0.335 e. The van der Waals surface area contributed by atoms with Crippen LogP contribution in [0.25, 0.3) is 0 Å². The van der Waals surface area contributed by atoms with E-state index in [9.17, 15) is 4.79 Å². The van der Waals surface area contributed by atoms with Crippen LogP contribution in [0.4, 0.5) is 4.79 Å². The van der Waals surface area contributed by atoms with Gasteiger partial charge < -0.3 is 10.2 Å². The van der Waals surface area contributed by atoms with Gasteiger partial charge in [-0.05, 0) is 68.4 Å². The third kappa shape index (κ3) is 3.60. The van der Waals surface area contributed by atoms with E-state index in [1.165, 1.54) is 5.56 Å². The molecule has 0 spiro atoms. The zero-order chi connectivity index (χ0) is 20.0. The number of fused-ring (bicyclic) bond motifs is 2. The SMILES string of the molecule is Cc1cc(C2NNC3CC4NC(=O)N(Cc5cccc(C)n5)CC4CC32)ccn1. The highest BCUT2D eigenvalue weighted by atomic mass is 16.2. The number of urea groups is 1. The summed E-state index contributed by atoms with van der Waals surface area (Å²) in [6, 6.07) is 11.2. The van der Waals surface area contributed by atoms with Crippen molar-refractivity contribution in [1.82, 2.24) is 31.0 Å². The number of carbonyl (C=O) groups excluding carboxylic acids is 1. The maximum absolute atomic E-state index is 12.7. The summed E-state index contributed by atoms with van der Waals surface area (Å²) in [5, 5.41) is 3.26. The van der Waals surface area contributed by atoms with Crippen molar-refractivity contribution >= 4 is 6.03 Å². The van der Waals surface area contributed by atoms with Crippen molar-refractivity contribution in [1.29, 1.82) is 0 Å². The van der Waals surface area contributed by atoms with Crippen molar-refractivity contribution in [2.45, 2.75) is 51.4 Å². The molecule has 0 aromatic carbocycles. The quantitative estimate of drug-likeness (QED) is 0.746. The average molecular weight is 393 g/mol. The first-order valence-electron chi connectivity index (χ1n) is 10.5. The first kappa shape index (κ1) is 18.5. The smallest absolute Gasteiger partial charge is 0.317 e. The Labute approximate surface area is 171 Å². The van der Waals surface area contributed by atoms with E-state index in [0.717, 1.165) is 36.5 Å². The molecule has 7 heteroatoms. The van der Waals surface area contributed by atoms with E-state index in [-0.39, 0.29) is 18.1 Å². The molecule has 1 saturated carbocycles. The van der Waals surface area contributed by atoms with Gasteiger partial charge in [0.15, 0.2) is 0 Å². The molecule has 2 aromatic heterocycles. The third-order valence-electron chi connectivity index (χ3n) is 6.65. The van der Waals surface area contributed by atoms with Gasteiger partial charge >= 0.3 is 6.03 Å². The van der Waals surface area contributed by atoms with Gasteiger partial charge in [0.1, 0.15) is 0 Å². The Hall–Kier alpha value is -2.51. The maximum Gasteiger partial charge on any atom is 0.317 e. The lowest BCUT2D eigenvalue weighted by Crippen LogP contribution is -2.60. The van der Waals surface area contributed by atoms with Gasteiger partial charge in [-0.1, -0.05) is 6.07 Å². The van der Waals surface area contributed by atoms with Crippen LogP contribution in [0.5, 0.6) is 0 Å². The predicted molar refractivity (Wildman–Crippen MR) is 110 cm³/mol. The van der Waals surface area contributed by atoms with Crippen LogP contribution in [-0.2, 0) is 6.54 Å². The van der Waals surface area contributed by atoms with Gasteiger partial charge in [0.25, 0.3) is 0 Å². The van der Waals surface area contributed by atoms with Gasteiger partial charge in [0.05, 0.1) is 18.3 Å². The molecule has 5 rings (SSSR count). The minimum absolute atomic E-state index is 0.0280. The second-order valence-corrected chi connectivity index (χ2v) is 8.71. The van der Waals surface area contributed by atoms with E-state index < -0.39 is 0 Å². The Morgan fingerprint density at radius 3 is 2.83 bits per heavy atom. The summed E-state index contributed by atoms with van der Waals surface area (Å²) in [4.78, 5) is 23.5. The van der Waals surface area contributed by atoms with Crippen molar-refractivity contribution < 1.29 is 4.79 Å².